The van der Waals surface area contributed by atoms with Crippen molar-refractivity contribution in [2.45, 2.75) is 39.2 Å². The van der Waals surface area contributed by atoms with Crippen LogP contribution in [0.4, 0.5) is 5.69 Å². The molecule has 0 saturated heterocycles. The number of anilines is 1. The Balaban J connectivity index is 1.51. The third-order valence-corrected chi connectivity index (χ3v) is 5.18. The largest absolute Gasteiger partial charge is 0.496 e. The van der Waals surface area contributed by atoms with Gasteiger partial charge in [0.15, 0.2) is 5.82 Å². The Labute approximate surface area is 164 Å². The number of methoxy groups -OCH3 is 1. The lowest BCUT2D eigenvalue weighted by Gasteiger charge is -2.10. The van der Waals surface area contributed by atoms with Crippen molar-refractivity contribution in [3.63, 3.8) is 0 Å². The summed E-state index contributed by atoms with van der Waals surface area (Å²) in [6.45, 7) is 2.91. The van der Waals surface area contributed by atoms with Crippen molar-refractivity contribution in [3.8, 4) is 17.1 Å². The van der Waals surface area contributed by atoms with Crippen LogP contribution in [-0.4, -0.2) is 27.8 Å². The average Bonchev–Trinajstić information content (AvgIpc) is 2.97. The summed E-state index contributed by atoms with van der Waals surface area (Å²) in [5.41, 5.74) is 3.31. The standard InChI is InChI=1S/C22H24N4O2/c1-15-7-8-17(14-19(15)28-2)22(27)23-18-11-9-16(10-12-18)21-25-24-20-6-4-3-5-13-26(20)21/h7-12,14H,3-6,13H2,1-2H3,(H,23,27). The first-order chi connectivity index (χ1) is 13.7. The lowest BCUT2D eigenvalue weighted by Crippen LogP contribution is -2.12. The highest BCUT2D eigenvalue weighted by atomic mass is 16.5. The molecule has 0 fully saturated rings. The maximum atomic E-state index is 12.5. The highest BCUT2D eigenvalue weighted by Crippen LogP contribution is 2.25. The summed E-state index contributed by atoms with van der Waals surface area (Å²) in [7, 11) is 1.61. The topological polar surface area (TPSA) is 69.0 Å². The minimum atomic E-state index is -0.164. The number of aryl methyl sites for hydroxylation is 2. The van der Waals surface area contributed by atoms with E-state index < -0.39 is 0 Å². The number of nitrogens with zero attached hydrogens (tertiary/aromatic N) is 3. The molecule has 0 bridgehead atoms. The van der Waals surface area contributed by atoms with Crippen molar-refractivity contribution in [2.24, 2.45) is 0 Å². The number of nitrogens with one attached hydrogen (secondary N) is 1. The van der Waals surface area contributed by atoms with Crippen LogP contribution in [0.1, 0.15) is 41.0 Å². The Morgan fingerprint density at radius 1 is 1.07 bits per heavy atom. The molecule has 1 aliphatic heterocycles. The Morgan fingerprint density at radius 2 is 1.89 bits per heavy atom. The number of carbonyl (C=O) groups is 1. The van der Waals surface area contributed by atoms with E-state index in [1.54, 1.807) is 19.2 Å². The molecule has 2 aromatic carbocycles. The van der Waals surface area contributed by atoms with Gasteiger partial charge in [0.1, 0.15) is 11.6 Å². The smallest absolute Gasteiger partial charge is 0.255 e. The third-order valence-electron chi connectivity index (χ3n) is 5.18. The molecule has 3 aromatic rings. The fraction of sp³-hybridized carbons (Fsp3) is 0.318. The van der Waals surface area contributed by atoms with Gasteiger partial charge in [-0.25, -0.2) is 0 Å². The number of fused-ring (bicyclic) bond motifs is 1. The number of ether oxygens (including phenoxy) is 1. The predicted molar refractivity (Wildman–Crippen MR) is 109 cm³/mol. The molecule has 6 heteroatoms. The van der Waals surface area contributed by atoms with E-state index >= 15 is 0 Å². The van der Waals surface area contributed by atoms with Crippen molar-refractivity contribution in [3.05, 3.63) is 59.4 Å². The van der Waals surface area contributed by atoms with E-state index in [1.165, 1.54) is 12.8 Å². The van der Waals surface area contributed by atoms with Gasteiger partial charge in [0, 0.05) is 29.8 Å². The highest BCUT2D eigenvalue weighted by molar-refractivity contribution is 6.04. The van der Waals surface area contributed by atoms with Gasteiger partial charge in [-0.05, 0) is 61.7 Å². The van der Waals surface area contributed by atoms with E-state index in [-0.39, 0.29) is 5.91 Å². The zero-order valence-electron chi connectivity index (χ0n) is 16.2. The van der Waals surface area contributed by atoms with Gasteiger partial charge in [-0.15, -0.1) is 10.2 Å². The Hall–Kier alpha value is -3.15. The number of rotatable bonds is 4. The van der Waals surface area contributed by atoms with E-state index in [2.05, 4.69) is 20.1 Å². The van der Waals surface area contributed by atoms with Gasteiger partial charge in [0.25, 0.3) is 5.91 Å². The fourth-order valence-corrected chi connectivity index (χ4v) is 3.57. The molecule has 1 N–H and O–H groups in total. The molecular weight excluding hydrogens is 352 g/mol. The molecule has 4 rings (SSSR count). The van der Waals surface area contributed by atoms with Crippen LogP contribution in [-0.2, 0) is 13.0 Å². The van der Waals surface area contributed by atoms with E-state index in [9.17, 15) is 4.79 Å². The molecule has 0 saturated carbocycles. The molecule has 28 heavy (non-hydrogen) atoms. The molecule has 0 atom stereocenters. The predicted octanol–water partition coefficient (Wildman–Crippen LogP) is 4.24. The van der Waals surface area contributed by atoms with E-state index in [1.807, 2.05) is 37.3 Å². The maximum absolute atomic E-state index is 12.5. The number of amides is 1. The van der Waals surface area contributed by atoms with Gasteiger partial charge in [0.05, 0.1) is 7.11 Å². The SMILES string of the molecule is COc1cc(C(=O)Nc2ccc(-c3nnc4n3CCCCC4)cc2)ccc1C. The van der Waals surface area contributed by atoms with Crippen molar-refractivity contribution in [1.29, 1.82) is 0 Å². The molecule has 0 radical (unpaired) electrons. The second kappa shape index (κ2) is 7.84. The Morgan fingerprint density at radius 3 is 2.68 bits per heavy atom. The third kappa shape index (κ3) is 3.63. The summed E-state index contributed by atoms with van der Waals surface area (Å²) in [6.07, 6.45) is 4.55. The number of hydrogen-bond donors (Lipinski definition) is 1. The van der Waals surface area contributed by atoms with Crippen LogP contribution in [0.2, 0.25) is 0 Å². The minimum Gasteiger partial charge on any atom is -0.496 e. The molecule has 1 aromatic heterocycles. The maximum Gasteiger partial charge on any atom is 0.255 e. The molecule has 6 nitrogen and oxygen atoms in total. The van der Waals surface area contributed by atoms with Crippen LogP contribution >= 0.6 is 0 Å². The molecular formula is C22H24N4O2. The van der Waals surface area contributed by atoms with Gasteiger partial charge >= 0.3 is 0 Å². The van der Waals surface area contributed by atoms with E-state index in [0.29, 0.717) is 11.3 Å². The Bertz CT molecular complexity index is 992. The second-order valence-corrected chi connectivity index (χ2v) is 7.12. The first-order valence-electron chi connectivity index (χ1n) is 9.64. The molecule has 0 aliphatic carbocycles. The average molecular weight is 376 g/mol. The molecule has 1 amide bonds. The van der Waals surface area contributed by atoms with Crippen molar-refractivity contribution < 1.29 is 9.53 Å². The number of benzene rings is 2. The van der Waals surface area contributed by atoms with Gasteiger partial charge in [-0.2, -0.15) is 0 Å². The quantitative estimate of drug-likeness (QED) is 0.739. The molecule has 0 unspecified atom stereocenters. The van der Waals surface area contributed by atoms with Crippen LogP contribution in [0.25, 0.3) is 11.4 Å². The van der Waals surface area contributed by atoms with Crippen LogP contribution in [0.5, 0.6) is 5.75 Å². The normalized spacial score (nSPS) is 13.5. The highest BCUT2D eigenvalue weighted by Gasteiger charge is 2.16. The summed E-state index contributed by atoms with van der Waals surface area (Å²) >= 11 is 0. The van der Waals surface area contributed by atoms with Crippen LogP contribution < -0.4 is 10.1 Å². The van der Waals surface area contributed by atoms with Gasteiger partial charge in [0.2, 0.25) is 0 Å². The first kappa shape index (κ1) is 18.2. The van der Waals surface area contributed by atoms with Crippen LogP contribution in [0.3, 0.4) is 0 Å². The monoisotopic (exact) mass is 376 g/mol. The second-order valence-electron chi connectivity index (χ2n) is 7.12. The zero-order valence-corrected chi connectivity index (χ0v) is 16.2. The van der Waals surface area contributed by atoms with E-state index in [4.69, 9.17) is 4.74 Å². The van der Waals surface area contributed by atoms with Crippen molar-refractivity contribution >= 4 is 11.6 Å². The molecule has 1 aliphatic rings. The van der Waals surface area contributed by atoms with Gasteiger partial charge in [-0.3, -0.25) is 4.79 Å². The summed E-state index contributed by atoms with van der Waals surface area (Å²) in [4.78, 5) is 12.5. The molecule has 2 heterocycles. The van der Waals surface area contributed by atoms with Crippen molar-refractivity contribution in [1.82, 2.24) is 14.8 Å². The van der Waals surface area contributed by atoms with E-state index in [0.717, 1.165) is 47.8 Å². The number of hydrogen-bond acceptors (Lipinski definition) is 4. The number of aromatic nitrogens is 3. The van der Waals surface area contributed by atoms with Gasteiger partial charge in [-0.1, -0.05) is 12.5 Å². The fourth-order valence-electron chi connectivity index (χ4n) is 3.57. The summed E-state index contributed by atoms with van der Waals surface area (Å²) in [5, 5.41) is 11.7. The summed E-state index contributed by atoms with van der Waals surface area (Å²) in [6, 6.07) is 13.2. The summed E-state index contributed by atoms with van der Waals surface area (Å²) < 4.78 is 7.52. The lowest BCUT2D eigenvalue weighted by atomic mass is 10.1. The van der Waals surface area contributed by atoms with Gasteiger partial charge < -0.3 is 14.6 Å². The van der Waals surface area contributed by atoms with Crippen LogP contribution in [0.15, 0.2) is 42.5 Å². The Kier molecular flexibility index (Phi) is 5.10. The lowest BCUT2D eigenvalue weighted by molar-refractivity contribution is 0.102. The van der Waals surface area contributed by atoms with Crippen molar-refractivity contribution in [2.75, 3.05) is 12.4 Å². The zero-order chi connectivity index (χ0) is 19.5. The molecule has 144 valence electrons. The summed E-state index contributed by atoms with van der Waals surface area (Å²) in [5.74, 6) is 2.51. The minimum absolute atomic E-state index is 0.164. The first-order valence-corrected chi connectivity index (χ1v) is 9.64. The molecule has 0 spiro atoms. The van der Waals surface area contributed by atoms with Crippen LogP contribution in [0, 0.1) is 6.92 Å². The number of carbonyl (C=O) groups excluding carboxylic acids is 1.